The van der Waals surface area contributed by atoms with Crippen molar-refractivity contribution in [3.8, 4) is 0 Å². The highest BCUT2D eigenvalue weighted by atomic mass is 19.1. The number of piperazine rings is 1. The highest BCUT2D eigenvalue weighted by molar-refractivity contribution is 5.76. The van der Waals surface area contributed by atoms with Gasteiger partial charge in [0.1, 0.15) is 5.82 Å². The molecule has 1 fully saturated rings. The quantitative estimate of drug-likeness (QED) is 0.923. The lowest BCUT2D eigenvalue weighted by molar-refractivity contribution is -0.131. The van der Waals surface area contributed by atoms with E-state index in [4.69, 9.17) is 5.73 Å². The van der Waals surface area contributed by atoms with Gasteiger partial charge in [-0.2, -0.15) is 0 Å². The molecular weight excluding hydrogens is 269 g/mol. The number of carbonyl (C=O) groups is 1. The van der Waals surface area contributed by atoms with Crippen LogP contribution in [0.3, 0.4) is 0 Å². The Hall–Kier alpha value is -1.62. The van der Waals surface area contributed by atoms with Crippen LogP contribution in [0, 0.1) is 5.82 Å². The number of hydrogen-bond donors (Lipinski definition) is 1. The van der Waals surface area contributed by atoms with E-state index in [1.807, 2.05) is 29.7 Å². The van der Waals surface area contributed by atoms with Gasteiger partial charge in [0, 0.05) is 38.1 Å². The minimum absolute atomic E-state index is 0.140. The summed E-state index contributed by atoms with van der Waals surface area (Å²) >= 11 is 0. The minimum Gasteiger partial charge on any atom is -0.366 e. The second-order valence-electron chi connectivity index (χ2n) is 6.31. The number of halogens is 1. The smallest absolute Gasteiger partial charge is 0.222 e. The van der Waals surface area contributed by atoms with E-state index in [0.717, 1.165) is 0 Å². The van der Waals surface area contributed by atoms with Crippen LogP contribution in [0.2, 0.25) is 0 Å². The van der Waals surface area contributed by atoms with Crippen LogP contribution in [-0.4, -0.2) is 42.5 Å². The summed E-state index contributed by atoms with van der Waals surface area (Å²) in [5, 5.41) is 0. The lowest BCUT2D eigenvalue weighted by Crippen LogP contribution is -2.49. The summed E-state index contributed by atoms with van der Waals surface area (Å²) < 4.78 is 13.7. The van der Waals surface area contributed by atoms with Crippen LogP contribution in [0.5, 0.6) is 0 Å². The molecule has 0 atom stereocenters. The predicted octanol–water partition coefficient (Wildman–Crippen LogP) is 1.99. The molecule has 21 heavy (non-hydrogen) atoms. The zero-order valence-electron chi connectivity index (χ0n) is 12.8. The zero-order chi connectivity index (χ0) is 15.5. The third kappa shape index (κ3) is 4.43. The number of rotatable bonds is 4. The summed E-state index contributed by atoms with van der Waals surface area (Å²) in [4.78, 5) is 16.0. The highest BCUT2D eigenvalue weighted by Crippen LogP contribution is 2.20. The molecule has 1 aliphatic heterocycles. The van der Waals surface area contributed by atoms with Crippen molar-refractivity contribution in [2.24, 2.45) is 5.73 Å². The molecule has 0 unspecified atom stereocenters. The van der Waals surface area contributed by atoms with Gasteiger partial charge in [0.2, 0.25) is 5.91 Å². The Bertz CT molecular complexity index is 491. The highest BCUT2D eigenvalue weighted by Gasteiger charge is 2.23. The first-order chi connectivity index (χ1) is 9.87. The first-order valence-electron chi connectivity index (χ1n) is 7.43. The van der Waals surface area contributed by atoms with E-state index in [0.29, 0.717) is 44.7 Å². The monoisotopic (exact) mass is 293 g/mol. The molecule has 0 spiro atoms. The molecule has 1 amide bonds. The maximum atomic E-state index is 13.7. The van der Waals surface area contributed by atoms with E-state index in [9.17, 15) is 9.18 Å². The zero-order valence-corrected chi connectivity index (χ0v) is 12.8. The fourth-order valence-electron chi connectivity index (χ4n) is 2.49. The summed E-state index contributed by atoms with van der Waals surface area (Å²) in [6, 6.07) is 6.77. The van der Waals surface area contributed by atoms with Crippen molar-refractivity contribution in [2.75, 3.05) is 31.1 Å². The van der Waals surface area contributed by atoms with Crippen LogP contribution < -0.4 is 10.6 Å². The molecule has 0 bridgehead atoms. The van der Waals surface area contributed by atoms with Crippen molar-refractivity contribution in [2.45, 2.75) is 32.2 Å². The Kier molecular flexibility index (Phi) is 4.83. The van der Waals surface area contributed by atoms with Crippen LogP contribution in [0.4, 0.5) is 10.1 Å². The van der Waals surface area contributed by atoms with Crippen molar-refractivity contribution < 1.29 is 9.18 Å². The lowest BCUT2D eigenvalue weighted by atomic mass is 9.99. The molecule has 5 heteroatoms. The van der Waals surface area contributed by atoms with Crippen molar-refractivity contribution in [1.29, 1.82) is 0 Å². The largest absolute Gasteiger partial charge is 0.366 e. The third-order valence-corrected chi connectivity index (χ3v) is 3.81. The number of nitrogens with zero attached hydrogens (tertiary/aromatic N) is 2. The number of amides is 1. The number of nitrogens with two attached hydrogens (primary N) is 1. The van der Waals surface area contributed by atoms with Crippen LogP contribution in [0.1, 0.15) is 26.7 Å². The molecule has 1 aromatic rings. The molecule has 116 valence electrons. The summed E-state index contributed by atoms with van der Waals surface area (Å²) in [5.74, 6) is -0.0659. The molecule has 0 saturated carbocycles. The van der Waals surface area contributed by atoms with Gasteiger partial charge in [-0.3, -0.25) is 4.79 Å². The number of benzene rings is 1. The Labute approximate surface area is 125 Å². The average Bonchev–Trinajstić information content (AvgIpc) is 2.45. The first-order valence-corrected chi connectivity index (χ1v) is 7.43. The number of anilines is 1. The van der Waals surface area contributed by atoms with Crippen LogP contribution in [0.15, 0.2) is 24.3 Å². The lowest BCUT2D eigenvalue weighted by Gasteiger charge is -2.36. The van der Waals surface area contributed by atoms with Gasteiger partial charge in [-0.1, -0.05) is 12.1 Å². The SMILES string of the molecule is CC(C)(N)CCC(=O)N1CCN(c2ccccc2F)CC1. The van der Waals surface area contributed by atoms with Crippen LogP contribution in [0.25, 0.3) is 0 Å². The van der Waals surface area contributed by atoms with E-state index in [1.165, 1.54) is 6.07 Å². The molecule has 1 saturated heterocycles. The normalized spacial score (nSPS) is 16.2. The fraction of sp³-hybridized carbons (Fsp3) is 0.562. The van der Waals surface area contributed by atoms with Gasteiger partial charge >= 0.3 is 0 Å². The maximum Gasteiger partial charge on any atom is 0.222 e. The second-order valence-corrected chi connectivity index (χ2v) is 6.31. The third-order valence-electron chi connectivity index (χ3n) is 3.81. The summed E-state index contributed by atoms with van der Waals surface area (Å²) in [5.41, 5.74) is 6.21. The van der Waals surface area contributed by atoms with Crippen LogP contribution >= 0.6 is 0 Å². The average molecular weight is 293 g/mol. The molecule has 2 rings (SSSR count). The van der Waals surface area contributed by atoms with Gasteiger partial charge in [0.05, 0.1) is 5.69 Å². The summed E-state index contributed by atoms with van der Waals surface area (Å²) in [6.07, 6.45) is 1.16. The molecule has 0 aromatic heterocycles. The Morgan fingerprint density at radius 2 is 1.86 bits per heavy atom. The number of carbonyl (C=O) groups excluding carboxylic acids is 1. The molecule has 1 aromatic carbocycles. The Morgan fingerprint density at radius 3 is 2.43 bits per heavy atom. The maximum absolute atomic E-state index is 13.7. The summed E-state index contributed by atoms with van der Waals surface area (Å²) in [6.45, 7) is 6.46. The van der Waals surface area contributed by atoms with Gasteiger partial charge in [-0.25, -0.2) is 4.39 Å². The Balaban J connectivity index is 1.86. The van der Waals surface area contributed by atoms with Crippen molar-refractivity contribution in [1.82, 2.24) is 4.90 Å². The van der Waals surface area contributed by atoms with Gasteiger partial charge in [-0.15, -0.1) is 0 Å². The molecule has 0 radical (unpaired) electrons. The van der Waals surface area contributed by atoms with E-state index in [1.54, 1.807) is 12.1 Å². The number of para-hydroxylation sites is 1. The van der Waals surface area contributed by atoms with E-state index in [2.05, 4.69) is 0 Å². The molecule has 4 nitrogen and oxygen atoms in total. The van der Waals surface area contributed by atoms with E-state index < -0.39 is 0 Å². The molecule has 2 N–H and O–H groups in total. The molecule has 1 heterocycles. The van der Waals surface area contributed by atoms with Gasteiger partial charge in [0.25, 0.3) is 0 Å². The number of hydrogen-bond acceptors (Lipinski definition) is 3. The minimum atomic E-state index is -0.315. The first kappa shape index (κ1) is 15.8. The van der Waals surface area contributed by atoms with Gasteiger partial charge in [-0.05, 0) is 32.4 Å². The molecular formula is C16H24FN3O. The van der Waals surface area contributed by atoms with E-state index in [-0.39, 0.29) is 17.3 Å². The van der Waals surface area contributed by atoms with Gasteiger partial charge < -0.3 is 15.5 Å². The predicted molar refractivity (Wildman–Crippen MR) is 82.7 cm³/mol. The fourth-order valence-corrected chi connectivity index (χ4v) is 2.49. The summed E-state index contributed by atoms with van der Waals surface area (Å²) in [7, 11) is 0. The van der Waals surface area contributed by atoms with Gasteiger partial charge in [0.15, 0.2) is 0 Å². The molecule has 0 aliphatic carbocycles. The Morgan fingerprint density at radius 1 is 1.24 bits per heavy atom. The van der Waals surface area contributed by atoms with E-state index >= 15 is 0 Å². The topological polar surface area (TPSA) is 49.6 Å². The van der Waals surface area contributed by atoms with Crippen molar-refractivity contribution in [3.63, 3.8) is 0 Å². The van der Waals surface area contributed by atoms with Crippen LogP contribution in [-0.2, 0) is 4.79 Å². The van der Waals surface area contributed by atoms with Crippen molar-refractivity contribution in [3.05, 3.63) is 30.1 Å². The molecule has 1 aliphatic rings. The van der Waals surface area contributed by atoms with Crippen molar-refractivity contribution >= 4 is 11.6 Å². The second kappa shape index (κ2) is 6.43. The standard InChI is InChI=1S/C16H24FN3O/c1-16(2,18)8-7-15(21)20-11-9-19(10-12-20)14-6-4-3-5-13(14)17/h3-6H,7-12,18H2,1-2H3.